The highest BCUT2D eigenvalue weighted by molar-refractivity contribution is 7.89. The summed E-state index contributed by atoms with van der Waals surface area (Å²) in [7, 11) is -2.14. The molecular weight excluding hydrogens is 536 g/mol. The SMILES string of the molecule is COc1ccc2nc(N(/N=C/c3ccco3)C(=O)c3ccc(S(=O)(=O)N(CC(C)C)CC(C)C)cc3)sc2c1. The van der Waals surface area contributed by atoms with Crippen LogP contribution < -0.4 is 9.75 Å². The molecular formula is C28H32N4O5S2. The summed E-state index contributed by atoms with van der Waals surface area (Å²) in [5.41, 5.74) is 0.959. The highest BCUT2D eigenvalue weighted by Crippen LogP contribution is 2.32. The third-order valence-corrected chi connectivity index (χ3v) is 8.52. The second kappa shape index (κ2) is 12.1. The molecule has 0 atom stereocenters. The minimum absolute atomic E-state index is 0.137. The maximum absolute atomic E-state index is 13.7. The number of hydrogen-bond donors (Lipinski definition) is 0. The van der Waals surface area contributed by atoms with Crippen LogP contribution in [0.25, 0.3) is 10.2 Å². The number of carbonyl (C=O) groups excluding carboxylic acids is 1. The van der Waals surface area contributed by atoms with Crippen molar-refractivity contribution in [2.24, 2.45) is 16.9 Å². The first-order valence-electron chi connectivity index (χ1n) is 12.5. The van der Waals surface area contributed by atoms with Crippen molar-refractivity contribution in [1.82, 2.24) is 9.29 Å². The predicted octanol–water partition coefficient (Wildman–Crippen LogP) is 5.88. The number of methoxy groups -OCH3 is 1. The average molecular weight is 569 g/mol. The lowest BCUT2D eigenvalue weighted by Crippen LogP contribution is -2.37. The molecule has 4 rings (SSSR count). The number of furan rings is 1. The molecule has 4 aromatic rings. The fourth-order valence-electron chi connectivity index (χ4n) is 3.90. The zero-order chi connectivity index (χ0) is 28.2. The van der Waals surface area contributed by atoms with Gasteiger partial charge < -0.3 is 9.15 Å². The number of hydrogen-bond acceptors (Lipinski definition) is 8. The number of amides is 1. The monoisotopic (exact) mass is 568 g/mol. The van der Waals surface area contributed by atoms with Gasteiger partial charge in [0.1, 0.15) is 11.5 Å². The average Bonchev–Trinajstić information content (AvgIpc) is 3.57. The van der Waals surface area contributed by atoms with Crippen molar-refractivity contribution in [2.75, 3.05) is 25.2 Å². The molecule has 0 saturated heterocycles. The van der Waals surface area contributed by atoms with E-state index in [2.05, 4.69) is 10.1 Å². The largest absolute Gasteiger partial charge is 0.497 e. The topological polar surface area (TPSA) is 105 Å². The Bertz CT molecular complexity index is 1530. The van der Waals surface area contributed by atoms with Gasteiger partial charge in [-0.25, -0.2) is 13.4 Å². The fourth-order valence-corrected chi connectivity index (χ4v) is 6.62. The van der Waals surface area contributed by atoms with E-state index in [1.807, 2.05) is 39.8 Å². The molecule has 0 aliphatic rings. The van der Waals surface area contributed by atoms with Crippen molar-refractivity contribution in [3.05, 3.63) is 72.2 Å². The zero-order valence-electron chi connectivity index (χ0n) is 22.6. The first-order valence-corrected chi connectivity index (χ1v) is 14.8. The number of rotatable bonds is 11. The minimum Gasteiger partial charge on any atom is -0.497 e. The second-order valence-electron chi connectivity index (χ2n) is 9.84. The van der Waals surface area contributed by atoms with E-state index < -0.39 is 15.9 Å². The molecule has 39 heavy (non-hydrogen) atoms. The molecule has 0 saturated carbocycles. The molecule has 0 unspecified atom stereocenters. The predicted molar refractivity (Wildman–Crippen MR) is 154 cm³/mol. The molecule has 206 valence electrons. The molecule has 0 spiro atoms. The van der Waals surface area contributed by atoms with E-state index in [0.29, 0.717) is 35.2 Å². The minimum atomic E-state index is -3.73. The lowest BCUT2D eigenvalue weighted by molar-refractivity contribution is 0.0987. The van der Waals surface area contributed by atoms with Crippen molar-refractivity contribution in [2.45, 2.75) is 32.6 Å². The number of aromatic nitrogens is 1. The van der Waals surface area contributed by atoms with Crippen LogP contribution in [-0.2, 0) is 10.0 Å². The highest BCUT2D eigenvalue weighted by Gasteiger charge is 2.27. The molecule has 0 fully saturated rings. The molecule has 2 aromatic carbocycles. The highest BCUT2D eigenvalue weighted by atomic mass is 32.2. The van der Waals surface area contributed by atoms with Gasteiger partial charge >= 0.3 is 0 Å². The van der Waals surface area contributed by atoms with Crippen LogP contribution in [-0.4, -0.2) is 50.0 Å². The number of benzene rings is 2. The Kier molecular flexibility index (Phi) is 8.83. The maximum atomic E-state index is 13.7. The second-order valence-corrected chi connectivity index (χ2v) is 12.8. The summed E-state index contributed by atoms with van der Waals surface area (Å²) < 4.78 is 39.8. The molecule has 0 radical (unpaired) electrons. The summed E-state index contributed by atoms with van der Waals surface area (Å²) in [5, 5.41) is 5.91. The number of anilines is 1. The van der Waals surface area contributed by atoms with Gasteiger partial charge in [-0.3, -0.25) is 4.79 Å². The van der Waals surface area contributed by atoms with Gasteiger partial charge in [0.05, 0.1) is 34.7 Å². The number of thiazole rings is 1. The smallest absolute Gasteiger partial charge is 0.280 e. The van der Waals surface area contributed by atoms with Crippen LogP contribution in [0.15, 0.2) is 75.3 Å². The van der Waals surface area contributed by atoms with E-state index in [1.165, 1.54) is 57.4 Å². The quantitative estimate of drug-likeness (QED) is 0.165. The molecule has 1 amide bonds. The van der Waals surface area contributed by atoms with Crippen LogP contribution in [0.5, 0.6) is 5.75 Å². The van der Waals surface area contributed by atoms with E-state index in [9.17, 15) is 13.2 Å². The third kappa shape index (κ3) is 6.73. The van der Waals surface area contributed by atoms with E-state index in [-0.39, 0.29) is 22.3 Å². The Balaban J connectivity index is 1.67. The Morgan fingerprint density at radius 3 is 2.36 bits per heavy atom. The normalized spacial score (nSPS) is 12.3. The number of fused-ring (bicyclic) bond motifs is 1. The summed E-state index contributed by atoms with van der Waals surface area (Å²) in [6, 6.07) is 14.8. The number of ether oxygens (including phenoxy) is 1. The number of carbonyl (C=O) groups is 1. The van der Waals surface area contributed by atoms with Crippen LogP contribution in [0.4, 0.5) is 5.13 Å². The first-order chi connectivity index (χ1) is 18.6. The van der Waals surface area contributed by atoms with Crippen LogP contribution in [0.3, 0.4) is 0 Å². The van der Waals surface area contributed by atoms with Crippen molar-refractivity contribution < 1.29 is 22.4 Å². The van der Waals surface area contributed by atoms with Crippen LogP contribution in [0.1, 0.15) is 43.8 Å². The summed E-state index contributed by atoms with van der Waals surface area (Å²) in [5.74, 6) is 1.03. The van der Waals surface area contributed by atoms with Crippen molar-refractivity contribution in [3.8, 4) is 5.75 Å². The van der Waals surface area contributed by atoms with Gasteiger partial charge in [0.25, 0.3) is 5.91 Å². The molecule has 0 N–H and O–H groups in total. The number of nitrogens with zero attached hydrogens (tertiary/aromatic N) is 4. The molecule has 9 nitrogen and oxygen atoms in total. The van der Waals surface area contributed by atoms with Gasteiger partial charge in [-0.2, -0.15) is 14.4 Å². The van der Waals surface area contributed by atoms with E-state index in [4.69, 9.17) is 9.15 Å². The molecule has 0 aliphatic heterocycles. The Morgan fingerprint density at radius 2 is 1.77 bits per heavy atom. The van der Waals surface area contributed by atoms with Gasteiger partial charge in [-0.1, -0.05) is 39.0 Å². The third-order valence-electron chi connectivity index (χ3n) is 5.68. The summed E-state index contributed by atoms with van der Waals surface area (Å²) in [6.07, 6.45) is 2.94. The molecule has 0 bridgehead atoms. The summed E-state index contributed by atoms with van der Waals surface area (Å²) >= 11 is 1.28. The van der Waals surface area contributed by atoms with Gasteiger partial charge in [0, 0.05) is 18.7 Å². The van der Waals surface area contributed by atoms with Crippen LogP contribution >= 0.6 is 11.3 Å². The standard InChI is InChI=1S/C28H32N4O5S2/c1-19(2)17-31(18-20(3)4)39(34,35)24-11-8-21(9-12-24)27(33)32(29-16-23-7-6-14-37-23)28-30-25-13-10-22(36-5)15-26(25)38-28/h6-16,19-20H,17-18H2,1-5H3/b29-16+. The number of hydrazone groups is 1. The van der Waals surface area contributed by atoms with E-state index >= 15 is 0 Å². The molecule has 11 heteroatoms. The zero-order valence-corrected chi connectivity index (χ0v) is 24.2. The lowest BCUT2D eigenvalue weighted by atomic mass is 10.2. The van der Waals surface area contributed by atoms with E-state index in [0.717, 1.165) is 4.70 Å². The summed E-state index contributed by atoms with van der Waals surface area (Å²) in [4.78, 5) is 18.4. The Labute approximate surface area is 232 Å². The van der Waals surface area contributed by atoms with Crippen molar-refractivity contribution in [3.63, 3.8) is 0 Å². The van der Waals surface area contributed by atoms with Crippen LogP contribution in [0, 0.1) is 11.8 Å². The Morgan fingerprint density at radius 1 is 1.08 bits per heavy atom. The summed E-state index contributed by atoms with van der Waals surface area (Å²) in [6.45, 7) is 8.78. The molecule has 2 aromatic heterocycles. The molecule has 2 heterocycles. The Hall–Kier alpha value is -3.54. The van der Waals surface area contributed by atoms with Crippen molar-refractivity contribution >= 4 is 48.8 Å². The first kappa shape index (κ1) is 28.5. The maximum Gasteiger partial charge on any atom is 0.280 e. The van der Waals surface area contributed by atoms with Gasteiger partial charge in [-0.05, 0) is 66.4 Å². The van der Waals surface area contributed by atoms with E-state index in [1.54, 1.807) is 25.3 Å². The lowest BCUT2D eigenvalue weighted by Gasteiger charge is -2.25. The van der Waals surface area contributed by atoms with Crippen molar-refractivity contribution in [1.29, 1.82) is 0 Å². The number of sulfonamides is 1. The van der Waals surface area contributed by atoms with Gasteiger partial charge in [0.2, 0.25) is 15.2 Å². The van der Waals surface area contributed by atoms with Gasteiger partial charge in [0.15, 0.2) is 0 Å². The van der Waals surface area contributed by atoms with Gasteiger partial charge in [-0.15, -0.1) is 0 Å². The molecule has 0 aliphatic carbocycles. The van der Waals surface area contributed by atoms with Crippen LogP contribution in [0.2, 0.25) is 0 Å². The fraction of sp³-hybridized carbons (Fsp3) is 0.321.